The Labute approximate surface area is 167 Å². The normalized spacial score (nSPS) is 12.3. The van der Waals surface area contributed by atoms with Crippen LogP contribution in [0.25, 0.3) is 15.5 Å². The van der Waals surface area contributed by atoms with Crippen LogP contribution in [0, 0.1) is 0 Å². The molecule has 0 radical (unpaired) electrons. The molecule has 0 amide bonds. The molecule has 0 saturated heterocycles. The lowest BCUT2D eigenvalue weighted by molar-refractivity contribution is 0.411. The van der Waals surface area contributed by atoms with E-state index in [1.165, 1.54) is 20.2 Å². The molecule has 0 unspecified atom stereocenters. The Balaban J connectivity index is 1.82. The number of ether oxygens (including phenoxy) is 2. The van der Waals surface area contributed by atoms with Crippen molar-refractivity contribution in [3.8, 4) is 21.3 Å². The highest BCUT2D eigenvalue weighted by Crippen LogP contribution is 2.39. The van der Waals surface area contributed by atoms with Crippen LogP contribution >= 0.6 is 34.3 Å². The second-order valence-electron chi connectivity index (χ2n) is 6.83. The Kier molecular flexibility index (Phi) is 5.76. The minimum Gasteiger partial charge on any atom is -0.497 e. The summed E-state index contributed by atoms with van der Waals surface area (Å²) in [6.07, 6.45) is 0. The van der Waals surface area contributed by atoms with E-state index in [4.69, 9.17) is 21.1 Å². The van der Waals surface area contributed by atoms with Gasteiger partial charge >= 0.3 is 0 Å². The van der Waals surface area contributed by atoms with Crippen molar-refractivity contribution in [3.05, 3.63) is 63.8 Å². The minimum absolute atomic E-state index is 0.166. The number of rotatable bonds is 5. The molecule has 0 aliphatic rings. The molecule has 136 valence electrons. The van der Waals surface area contributed by atoms with Crippen molar-refractivity contribution in [1.82, 2.24) is 0 Å². The average Bonchev–Trinajstić information content (AvgIpc) is 3.28. The van der Waals surface area contributed by atoms with Gasteiger partial charge in [-0.1, -0.05) is 38.4 Å². The molecule has 3 aromatic rings. The molecule has 0 N–H and O–H groups in total. The van der Waals surface area contributed by atoms with E-state index < -0.39 is 0 Å². The van der Waals surface area contributed by atoms with Crippen LogP contribution in [0.4, 0.5) is 0 Å². The first-order valence-electron chi connectivity index (χ1n) is 8.24. The van der Waals surface area contributed by atoms with Crippen molar-refractivity contribution < 1.29 is 9.47 Å². The largest absolute Gasteiger partial charge is 0.497 e. The van der Waals surface area contributed by atoms with Gasteiger partial charge in [0.15, 0.2) is 5.76 Å². The molecule has 0 fully saturated rings. The van der Waals surface area contributed by atoms with Gasteiger partial charge in [-0.05, 0) is 41.8 Å². The van der Waals surface area contributed by atoms with E-state index in [1.807, 2.05) is 41.7 Å². The summed E-state index contributed by atoms with van der Waals surface area (Å²) in [7, 11) is 1.63. The van der Waals surface area contributed by atoms with Gasteiger partial charge in [-0.2, -0.15) is 0 Å². The third-order valence-electron chi connectivity index (χ3n) is 3.81. The second kappa shape index (κ2) is 7.87. The predicted molar refractivity (Wildman–Crippen MR) is 114 cm³/mol. The lowest BCUT2D eigenvalue weighted by Gasteiger charge is -2.15. The average molecular weight is 405 g/mol. The zero-order chi connectivity index (χ0) is 18.7. The van der Waals surface area contributed by atoms with Crippen LogP contribution in [0.5, 0.6) is 11.5 Å². The first-order chi connectivity index (χ1) is 12.4. The highest BCUT2D eigenvalue weighted by molar-refractivity contribution is 7.22. The van der Waals surface area contributed by atoms with Crippen molar-refractivity contribution in [1.29, 1.82) is 0 Å². The number of benzene rings is 1. The van der Waals surface area contributed by atoms with Crippen molar-refractivity contribution in [3.63, 3.8) is 0 Å². The predicted octanol–water partition coefficient (Wildman–Crippen LogP) is 7.40. The van der Waals surface area contributed by atoms with E-state index in [9.17, 15) is 0 Å². The molecule has 5 heteroatoms. The zero-order valence-corrected chi connectivity index (χ0v) is 17.6. The first kappa shape index (κ1) is 19.0. The van der Waals surface area contributed by atoms with E-state index in [0.717, 1.165) is 10.6 Å². The van der Waals surface area contributed by atoms with Gasteiger partial charge in [0.2, 0.25) is 0 Å². The number of methoxy groups -OCH3 is 1. The molecule has 0 bridgehead atoms. The van der Waals surface area contributed by atoms with Gasteiger partial charge in [-0.15, -0.1) is 22.7 Å². The zero-order valence-electron chi connectivity index (χ0n) is 15.2. The number of hydrogen-bond donors (Lipinski definition) is 0. The van der Waals surface area contributed by atoms with Crippen LogP contribution < -0.4 is 9.47 Å². The van der Waals surface area contributed by atoms with Crippen LogP contribution in [-0.2, 0) is 5.41 Å². The molecule has 2 aromatic heterocycles. The van der Waals surface area contributed by atoms with Crippen LogP contribution in [0.15, 0.2) is 54.1 Å². The quantitative estimate of drug-likeness (QED) is 0.412. The number of halogens is 1. The van der Waals surface area contributed by atoms with Crippen LogP contribution in [0.3, 0.4) is 0 Å². The maximum Gasteiger partial charge on any atom is 0.155 e. The van der Waals surface area contributed by atoms with Gasteiger partial charge in [0.25, 0.3) is 0 Å². The van der Waals surface area contributed by atoms with E-state index in [1.54, 1.807) is 18.4 Å². The van der Waals surface area contributed by atoms with E-state index in [2.05, 4.69) is 39.0 Å². The Hall–Kier alpha value is -1.75. The van der Waals surface area contributed by atoms with Gasteiger partial charge in [-0.25, -0.2) is 0 Å². The van der Waals surface area contributed by atoms with Crippen molar-refractivity contribution in [2.75, 3.05) is 7.11 Å². The van der Waals surface area contributed by atoms with Crippen molar-refractivity contribution >= 4 is 40.0 Å². The molecule has 0 atom stereocenters. The molecule has 26 heavy (non-hydrogen) atoms. The summed E-state index contributed by atoms with van der Waals surface area (Å²) in [5, 5.41) is 0. The summed E-state index contributed by atoms with van der Waals surface area (Å²) in [4.78, 5) is 4.85. The van der Waals surface area contributed by atoms with Gasteiger partial charge in [0.05, 0.1) is 12.0 Å². The lowest BCUT2D eigenvalue weighted by Crippen LogP contribution is -2.07. The summed E-state index contributed by atoms with van der Waals surface area (Å²) in [5.74, 6) is 2.07. The third-order valence-corrected chi connectivity index (χ3v) is 6.81. The summed E-state index contributed by atoms with van der Waals surface area (Å²) in [6, 6.07) is 16.1. The smallest absolute Gasteiger partial charge is 0.155 e. The Morgan fingerprint density at radius 1 is 0.962 bits per heavy atom. The molecule has 0 aliphatic carbocycles. The van der Waals surface area contributed by atoms with E-state index in [-0.39, 0.29) is 5.41 Å². The van der Waals surface area contributed by atoms with Crippen molar-refractivity contribution in [2.45, 2.75) is 26.2 Å². The molecule has 2 nitrogen and oxygen atoms in total. The minimum atomic E-state index is 0.166. The molecule has 2 heterocycles. The highest BCUT2D eigenvalue weighted by atomic mass is 35.5. The molecule has 3 rings (SSSR count). The summed E-state index contributed by atoms with van der Waals surface area (Å²) >= 11 is 9.54. The number of hydrogen-bond acceptors (Lipinski definition) is 4. The summed E-state index contributed by atoms with van der Waals surface area (Å²) in [6.45, 7) is 6.70. The number of thiophene rings is 2. The lowest BCUT2D eigenvalue weighted by atomic mass is 9.95. The molecular formula is C21H21ClO2S2. The standard InChI is InChI=1S/C21H21ClO2S2/c1-21(2,3)20-11-10-19(26-20)18-9-8-17(25-18)16(13-22)24-15-7-5-6-14(12-15)23-4/h5-13H,1-4H3/b16-13-. The fraction of sp³-hybridized carbons (Fsp3) is 0.238. The van der Waals surface area contributed by atoms with Gasteiger partial charge < -0.3 is 9.47 Å². The van der Waals surface area contributed by atoms with Crippen molar-refractivity contribution in [2.24, 2.45) is 0 Å². The van der Waals surface area contributed by atoms with E-state index in [0.29, 0.717) is 11.5 Å². The third kappa shape index (κ3) is 4.32. The fourth-order valence-corrected chi connectivity index (χ4v) is 4.73. The van der Waals surface area contributed by atoms with Gasteiger partial charge in [0, 0.05) is 26.2 Å². The maximum absolute atomic E-state index is 6.04. The topological polar surface area (TPSA) is 18.5 Å². The molecule has 1 aromatic carbocycles. The van der Waals surface area contributed by atoms with Crippen LogP contribution in [0.1, 0.15) is 30.5 Å². The van der Waals surface area contributed by atoms with Gasteiger partial charge in [-0.3, -0.25) is 0 Å². The molecule has 0 saturated carbocycles. The molecule has 0 spiro atoms. The summed E-state index contributed by atoms with van der Waals surface area (Å²) in [5.41, 5.74) is 1.64. The monoisotopic (exact) mass is 404 g/mol. The van der Waals surface area contributed by atoms with Crippen LogP contribution in [-0.4, -0.2) is 7.11 Å². The van der Waals surface area contributed by atoms with E-state index >= 15 is 0 Å². The van der Waals surface area contributed by atoms with Gasteiger partial charge in [0.1, 0.15) is 11.5 Å². The second-order valence-corrected chi connectivity index (χ2v) is 9.22. The maximum atomic E-state index is 6.04. The summed E-state index contributed by atoms with van der Waals surface area (Å²) < 4.78 is 11.2. The molecular weight excluding hydrogens is 384 g/mol. The SMILES string of the molecule is COc1cccc(O/C(=C\Cl)c2ccc(-c3ccc(C(C)(C)C)s3)s2)c1. The van der Waals surface area contributed by atoms with Crippen LogP contribution in [0.2, 0.25) is 0 Å². The highest BCUT2D eigenvalue weighted by Gasteiger charge is 2.17. The first-order valence-corrected chi connectivity index (χ1v) is 10.3. The Morgan fingerprint density at radius 3 is 2.31 bits per heavy atom. The Morgan fingerprint density at radius 2 is 1.65 bits per heavy atom. The molecule has 0 aliphatic heterocycles. The Bertz CT molecular complexity index is 916. The fourth-order valence-electron chi connectivity index (χ4n) is 2.39.